The quantitative estimate of drug-likeness (QED) is 0.689. The second-order valence-electron chi connectivity index (χ2n) is 6.08. The number of hydrogen-bond acceptors (Lipinski definition) is 4. The number of nitrogens with two attached hydrogens (primary N) is 1. The first kappa shape index (κ1) is 19.7. The Morgan fingerprint density at radius 3 is 2.09 bits per heavy atom. The molecule has 1 aromatic carbocycles. The number of aliphatic hydroxyl groups excluding tert-OH is 1. The highest BCUT2D eigenvalue weighted by atomic mass is 19.1. The summed E-state index contributed by atoms with van der Waals surface area (Å²) in [6.07, 6.45) is 1.43. The normalized spacial score (nSPS) is 15.1. The summed E-state index contributed by atoms with van der Waals surface area (Å²) in [6.45, 7) is 8.68. The van der Waals surface area contributed by atoms with Crippen molar-refractivity contribution in [3.05, 3.63) is 23.5 Å². The first-order valence-electron chi connectivity index (χ1n) is 8.43. The summed E-state index contributed by atoms with van der Waals surface area (Å²) in [4.78, 5) is 0. The Morgan fingerprint density at radius 2 is 1.61 bits per heavy atom. The number of aliphatic hydroxyl groups is 1. The maximum absolute atomic E-state index is 14.4. The van der Waals surface area contributed by atoms with E-state index in [0.717, 1.165) is 12.8 Å². The van der Waals surface area contributed by atoms with E-state index in [1.165, 1.54) is 6.07 Å². The number of hydrogen-bond donors (Lipinski definition) is 2. The molecule has 1 aromatic rings. The van der Waals surface area contributed by atoms with Crippen molar-refractivity contribution in [1.82, 2.24) is 0 Å². The predicted molar refractivity (Wildman–Crippen MR) is 90.7 cm³/mol. The van der Waals surface area contributed by atoms with Crippen LogP contribution in [-0.2, 0) is 0 Å². The van der Waals surface area contributed by atoms with Crippen molar-refractivity contribution < 1.29 is 19.0 Å². The molecule has 0 saturated heterocycles. The van der Waals surface area contributed by atoms with E-state index in [-0.39, 0.29) is 17.8 Å². The first-order chi connectivity index (χ1) is 10.9. The molecule has 0 saturated carbocycles. The average Bonchev–Trinajstić information content (AvgIpc) is 2.51. The van der Waals surface area contributed by atoms with E-state index in [9.17, 15) is 9.50 Å². The van der Waals surface area contributed by atoms with Crippen molar-refractivity contribution >= 4 is 0 Å². The van der Waals surface area contributed by atoms with Crippen LogP contribution in [0.25, 0.3) is 0 Å². The fourth-order valence-electron chi connectivity index (χ4n) is 2.28. The van der Waals surface area contributed by atoms with Crippen molar-refractivity contribution in [2.75, 3.05) is 13.2 Å². The van der Waals surface area contributed by atoms with Gasteiger partial charge in [0.25, 0.3) is 0 Å². The molecule has 4 nitrogen and oxygen atoms in total. The maximum Gasteiger partial charge on any atom is 0.164 e. The summed E-state index contributed by atoms with van der Waals surface area (Å²) in [5.74, 6) is 0.477. The molecule has 0 aliphatic carbocycles. The molecule has 0 spiro atoms. The lowest BCUT2D eigenvalue weighted by Crippen LogP contribution is -2.32. The Morgan fingerprint density at radius 1 is 1.09 bits per heavy atom. The van der Waals surface area contributed by atoms with Crippen molar-refractivity contribution in [1.29, 1.82) is 0 Å². The van der Waals surface area contributed by atoms with E-state index < -0.39 is 6.10 Å². The molecule has 0 amide bonds. The van der Waals surface area contributed by atoms with Crippen LogP contribution in [0.1, 0.15) is 58.4 Å². The molecule has 3 N–H and O–H groups in total. The summed E-state index contributed by atoms with van der Waals surface area (Å²) in [7, 11) is 0. The Balaban J connectivity index is 3.02. The summed E-state index contributed by atoms with van der Waals surface area (Å²) < 4.78 is 25.7. The number of ether oxygens (including phenoxy) is 2. The minimum Gasteiger partial charge on any atom is -0.490 e. The molecule has 23 heavy (non-hydrogen) atoms. The lowest BCUT2D eigenvalue weighted by molar-refractivity contribution is 0.134. The molecule has 5 heteroatoms. The van der Waals surface area contributed by atoms with Crippen molar-refractivity contribution in [2.45, 2.75) is 65.0 Å². The van der Waals surface area contributed by atoms with Crippen LogP contribution in [0.3, 0.4) is 0 Å². The minimum absolute atomic E-state index is 0.166. The zero-order chi connectivity index (χ0) is 17.4. The molecule has 0 aromatic heterocycles. The Kier molecular flexibility index (Phi) is 8.34. The van der Waals surface area contributed by atoms with Gasteiger partial charge >= 0.3 is 0 Å². The van der Waals surface area contributed by atoms with Crippen LogP contribution in [0.5, 0.6) is 11.5 Å². The van der Waals surface area contributed by atoms with Crippen molar-refractivity contribution in [3.8, 4) is 11.5 Å². The first-order valence-corrected chi connectivity index (χ1v) is 8.43. The molecular formula is C18H30FNO3. The van der Waals surface area contributed by atoms with Crippen LogP contribution in [0.2, 0.25) is 0 Å². The molecule has 0 radical (unpaired) electrons. The Hall–Kier alpha value is -1.33. The van der Waals surface area contributed by atoms with Gasteiger partial charge in [-0.15, -0.1) is 0 Å². The van der Waals surface area contributed by atoms with Gasteiger partial charge in [0, 0.05) is 12.1 Å². The highest BCUT2D eigenvalue weighted by Gasteiger charge is 2.21. The van der Waals surface area contributed by atoms with Crippen LogP contribution in [0.15, 0.2) is 12.1 Å². The van der Waals surface area contributed by atoms with Gasteiger partial charge in [-0.3, -0.25) is 0 Å². The van der Waals surface area contributed by atoms with Crippen LogP contribution in [0, 0.1) is 5.82 Å². The standard InChI is InChI=1S/C18H30FNO3/c1-5-7-22-17-10-14(12(3)9-16(21)13(4)20)15(19)11-18(17)23-8-6-2/h10-13,16,21H,5-9,20H2,1-4H3. The van der Waals surface area contributed by atoms with E-state index in [0.29, 0.717) is 36.7 Å². The zero-order valence-corrected chi connectivity index (χ0v) is 14.6. The van der Waals surface area contributed by atoms with E-state index in [1.54, 1.807) is 13.0 Å². The molecule has 0 bridgehead atoms. The third-order valence-corrected chi connectivity index (χ3v) is 3.72. The second kappa shape index (κ2) is 9.73. The minimum atomic E-state index is -0.666. The number of benzene rings is 1. The lowest BCUT2D eigenvalue weighted by Gasteiger charge is -2.21. The summed E-state index contributed by atoms with van der Waals surface area (Å²) >= 11 is 0. The van der Waals surface area contributed by atoms with E-state index in [4.69, 9.17) is 15.2 Å². The molecule has 3 atom stereocenters. The Bertz CT molecular complexity index is 480. The van der Waals surface area contributed by atoms with Gasteiger partial charge in [-0.05, 0) is 43.7 Å². The second-order valence-corrected chi connectivity index (χ2v) is 6.08. The van der Waals surface area contributed by atoms with Crippen LogP contribution < -0.4 is 15.2 Å². The van der Waals surface area contributed by atoms with Crippen molar-refractivity contribution in [3.63, 3.8) is 0 Å². The summed E-state index contributed by atoms with van der Waals surface area (Å²) in [5, 5.41) is 9.93. The lowest BCUT2D eigenvalue weighted by atomic mass is 9.92. The van der Waals surface area contributed by atoms with Gasteiger partial charge in [0.1, 0.15) is 5.82 Å². The molecule has 132 valence electrons. The monoisotopic (exact) mass is 327 g/mol. The van der Waals surface area contributed by atoms with Crippen LogP contribution in [-0.4, -0.2) is 30.5 Å². The van der Waals surface area contributed by atoms with E-state index in [2.05, 4.69) is 0 Å². The third kappa shape index (κ3) is 5.99. The van der Waals surface area contributed by atoms with Gasteiger partial charge < -0.3 is 20.3 Å². The topological polar surface area (TPSA) is 64.7 Å². The highest BCUT2D eigenvalue weighted by Crippen LogP contribution is 2.35. The van der Waals surface area contributed by atoms with Gasteiger partial charge in [0.05, 0.1) is 19.3 Å². The fraction of sp³-hybridized carbons (Fsp3) is 0.667. The van der Waals surface area contributed by atoms with Gasteiger partial charge in [-0.1, -0.05) is 20.8 Å². The molecule has 3 unspecified atom stereocenters. The molecule has 1 rings (SSSR count). The smallest absolute Gasteiger partial charge is 0.164 e. The van der Waals surface area contributed by atoms with E-state index in [1.807, 2.05) is 20.8 Å². The summed E-state index contributed by atoms with van der Waals surface area (Å²) in [6, 6.07) is 2.72. The van der Waals surface area contributed by atoms with Gasteiger partial charge in [-0.2, -0.15) is 0 Å². The number of halogens is 1. The zero-order valence-electron chi connectivity index (χ0n) is 14.6. The Labute approximate surface area is 138 Å². The van der Waals surface area contributed by atoms with Crippen LogP contribution in [0.4, 0.5) is 4.39 Å². The molecule has 0 aliphatic heterocycles. The number of rotatable bonds is 10. The van der Waals surface area contributed by atoms with Gasteiger partial charge in [0.15, 0.2) is 11.5 Å². The predicted octanol–water partition coefficient (Wildman–Crippen LogP) is 3.61. The average molecular weight is 327 g/mol. The summed E-state index contributed by atoms with van der Waals surface area (Å²) in [5.41, 5.74) is 6.20. The highest BCUT2D eigenvalue weighted by molar-refractivity contribution is 5.45. The van der Waals surface area contributed by atoms with Gasteiger partial charge in [-0.25, -0.2) is 4.39 Å². The molecule has 0 fully saturated rings. The molecule has 0 aliphatic rings. The third-order valence-electron chi connectivity index (χ3n) is 3.72. The van der Waals surface area contributed by atoms with Crippen molar-refractivity contribution in [2.24, 2.45) is 5.73 Å². The van der Waals surface area contributed by atoms with Crippen LogP contribution >= 0.6 is 0 Å². The SMILES string of the molecule is CCCOc1cc(F)c(C(C)CC(O)C(C)N)cc1OCCC. The van der Waals surface area contributed by atoms with Gasteiger partial charge in [0.2, 0.25) is 0 Å². The van der Waals surface area contributed by atoms with E-state index >= 15 is 0 Å². The largest absolute Gasteiger partial charge is 0.490 e. The fourth-order valence-corrected chi connectivity index (χ4v) is 2.28. The maximum atomic E-state index is 14.4. The molecular weight excluding hydrogens is 297 g/mol. The molecule has 0 heterocycles.